The summed E-state index contributed by atoms with van der Waals surface area (Å²) in [6, 6.07) is 2.16. The number of alkyl halides is 3. The van der Waals surface area contributed by atoms with Crippen LogP contribution in [0.4, 0.5) is 29.3 Å². The van der Waals surface area contributed by atoms with E-state index in [1.807, 2.05) is 0 Å². The summed E-state index contributed by atoms with van der Waals surface area (Å²) in [5, 5.41) is 9.76. The van der Waals surface area contributed by atoms with Crippen LogP contribution in [0.3, 0.4) is 0 Å². The molecule has 1 unspecified atom stereocenters. The zero-order valence-corrected chi connectivity index (χ0v) is 11.8. The van der Waals surface area contributed by atoms with Crippen molar-refractivity contribution in [3.05, 3.63) is 35.2 Å². The van der Waals surface area contributed by atoms with Crippen molar-refractivity contribution in [3.8, 4) is 0 Å². The smallest absolute Gasteiger partial charge is 0.415 e. The first-order valence-corrected chi connectivity index (χ1v) is 6.43. The Labute approximate surface area is 124 Å². The van der Waals surface area contributed by atoms with Gasteiger partial charge < -0.3 is 9.84 Å². The molecule has 2 rings (SSSR count). The van der Waals surface area contributed by atoms with Crippen molar-refractivity contribution in [1.82, 2.24) is 0 Å². The lowest BCUT2D eigenvalue weighted by Crippen LogP contribution is -2.43. The molecule has 1 aliphatic rings. The molecule has 0 saturated carbocycles. The van der Waals surface area contributed by atoms with Crippen LogP contribution in [-0.2, 0) is 10.9 Å². The van der Waals surface area contributed by atoms with Crippen molar-refractivity contribution in [2.45, 2.75) is 38.3 Å². The molecule has 1 fully saturated rings. The number of nitrogens with zero attached hydrogens (tertiary/aromatic N) is 2. The predicted molar refractivity (Wildman–Crippen MR) is 71.6 cm³/mol. The van der Waals surface area contributed by atoms with Gasteiger partial charge >= 0.3 is 12.3 Å². The molecule has 1 heterocycles. The minimum atomic E-state index is -4.72. The molecule has 1 amide bonds. The Bertz CT molecular complexity index is 637. The van der Waals surface area contributed by atoms with Crippen LogP contribution in [0.5, 0.6) is 0 Å². The normalized spacial score (nSPS) is 23.1. The summed E-state index contributed by atoms with van der Waals surface area (Å²) < 4.78 is 44.0. The number of aliphatic hydroxyl groups is 1. The highest BCUT2D eigenvalue weighted by Crippen LogP contribution is 2.40. The standard InChI is InChI=1S/C14H13F3N2O3/c1-7(20)12-8(2)22-13(21)19(12)9-4-5-11(18-3)10(6-9)14(15,16)17/h4-8,12,20H,1-2H3/t7?,8-,12-/m0/s1. The third kappa shape index (κ3) is 2.72. The molecular weight excluding hydrogens is 301 g/mol. The molecule has 118 valence electrons. The molecular formula is C14H13F3N2O3. The molecule has 0 bridgehead atoms. The minimum absolute atomic E-state index is 0.0695. The van der Waals surface area contributed by atoms with Gasteiger partial charge in [-0.05, 0) is 26.0 Å². The van der Waals surface area contributed by atoms with Crippen molar-refractivity contribution >= 4 is 17.5 Å². The average Bonchev–Trinajstić information content (AvgIpc) is 2.71. The average molecular weight is 314 g/mol. The Morgan fingerprint density at radius 3 is 2.59 bits per heavy atom. The number of halogens is 3. The summed E-state index contributed by atoms with van der Waals surface area (Å²) >= 11 is 0. The van der Waals surface area contributed by atoms with Crippen LogP contribution < -0.4 is 4.90 Å². The second-order valence-corrected chi connectivity index (χ2v) is 5.00. The molecule has 22 heavy (non-hydrogen) atoms. The number of carbonyl (C=O) groups is 1. The number of cyclic esters (lactones) is 1. The van der Waals surface area contributed by atoms with Crippen LogP contribution >= 0.6 is 0 Å². The van der Waals surface area contributed by atoms with Gasteiger partial charge in [0.2, 0.25) is 0 Å². The van der Waals surface area contributed by atoms with E-state index in [0.29, 0.717) is 0 Å². The Kier molecular flexibility index (Phi) is 4.02. The summed E-state index contributed by atoms with van der Waals surface area (Å²) in [6.07, 6.45) is -7.20. The Balaban J connectivity index is 2.53. The third-order valence-corrected chi connectivity index (χ3v) is 3.44. The van der Waals surface area contributed by atoms with Gasteiger partial charge in [-0.1, -0.05) is 6.07 Å². The molecule has 0 aliphatic carbocycles. The first-order valence-electron chi connectivity index (χ1n) is 6.43. The zero-order chi connectivity index (χ0) is 16.7. The number of amides is 1. The molecule has 0 radical (unpaired) electrons. The third-order valence-electron chi connectivity index (χ3n) is 3.44. The number of hydrogen-bond donors (Lipinski definition) is 1. The number of carbonyl (C=O) groups excluding carboxylic acids is 1. The highest BCUT2D eigenvalue weighted by Gasteiger charge is 2.44. The van der Waals surface area contributed by atoms with Gasteiger partial charge in [-0.2, -0.15) is 13.2 Å². The van der Waals surface area contributed by atoms with Gasteiger partial charge in [0.1, 0.15) is 12.1 Å². The Morgan fingerprint density at radius 1 is 1.45 bits per heavy atom. The summed E-state index contributed by atoms with van der Waals surface area (Å²) in [4.78, 5) is 15.7. The van der Waals surface area contributed by atoms with Crippen molar-refractivity contribution < 1.29 is 27.8 Å². The van der Waals surface area contributed by atoms with Crippen LogP contribution in [-0.4, -0.2) is 29.4 Å². The van der Waals surface area contributed by atoms with Crippen LogP contribution in [0, 0.1) is 6.57 Å². The number of benzene rings is 1. The number of rotatable bonds is 2. The molecule has 8 heteroatoms. The topological polar surface area (TPSA) is 54.1 Å². The molecule has 0 spiro atoms. The van der Waals surface area contributed by atoms with E-state index in [1.165, 1.54) is 13.0 Å². The van der Waals surface area contributed by atoms with Gasteiger partial charge in [0, 0.05) is 5.69 Å². The molecule has 1 aromatic rings. The summed E-state index contributed by atoms with van der Waals surface area (Å²) in [5.74, 6) is 0. The maximum atomic E-state index is 13.0. The summed E-state index contributed by atoms with van der Waals surface area (Å²) in [6.45, 7) is 9.78. The molecule has 0 aromatic heterocycles. The molecule has 1 aliphatic heterocycles. The van der Waals surface area contributed by atoms with Crippen molar-refractivity contribution in [1.29, 1.82) is 0 Å². The van der Waals surface area contributed by atoms with E-state index >= 15 is 0 Å². The van der Waals surface area contributed by atoms with E-state index in [-0.39, 0.29) is 5.69 Å². The van der Waals surface area contributed by atoms with Crippen LogP contribution in [0.2, 0.25) is 0 Å². The minimum Gasteiger partial charge on any atom is -0.444 e. The lowest BCUT2D eigenvalue weighted by molar-refractivity contribution is -0.136. The summed E-state index contributed by atoms with van der Waals surface area (Å²) in [7, 11) is 0. The van der Waals surface area contributed by atoms with Gasteiger partial charge in [0.15, 0.2) is 5.69 Å². The first kappa shape index (κ1) is 16.1. The fourth-order valence-electron chi connectivity index (χ4n) is 2.50. The summed E-state index contributed by atoms with van der Waals surface area (Å²) in [5.41, 5.74) is -1.75. The Morgan fingerprint density at radius 2 is 2.09 bits per heavy atom. The Hall–Kier alpha value is -2.27. The van der Waals surface area contributed by atoms with Gasteiger partial charge in [-0.3, -0.25) is 4.90 Å². The lowest BCUT2D eigenvalue weighted by atomic mass is 10.0. The van der Waals surface area contributed by atoms with Gasteiger partial charge in [-0.25, -0.2) is 9.64 Å². The highest BCUT2D eigenvalue weighted by atomic mass is 19.4. The van der Waals surface area contributed by atoms with E-state index in [9.17, 15) is 23.1 Å². The maximum absolute atomic E-state index is 13.0. The molecule has 1 N–H and O–H groups in total. The molecule has 5 nitrogen and oxygen atoms in total. The van der Waals surface area contributed by atoms with Gasteiger partial charge in [-0.15, -0.1) is 0 Å². The van der Waals surface area contributed by atoms with Crippen molar-refractivity contribution in [2.75, 3.05) is 4.90 Å². The van der Waals surface area contributed by atoms with E-state index < -0.39 is 41.8 Å². The monoisotopic (exact) mass is 314 g/mol. The fourth-order valence-corrected chi connectivity index (χ4v) is 2.50. The SMILES string of the molecule is [C-]#[N+]c1ccc(N2C(=O)O[C@@H](C)[C@@H]2C(C)O)cc1C(F)(F)F. The van der Waals surface area contributed by atoms with Crippen molar-refractivity contribution in [3.63, 3.8) is 0 Å². The van der Waals surface area contributed by atoms with E-state index in [4.69, 9.17) is 11.3 Å². The van der Waals surface area contributed by atoms with Gasteiger partial charge in [0.05, 0.1) is 18.2 Å². The number of anilines is 1. The molecule has 1 saturated heterocycles. The van der Waals surface area contributed by atoms with E-state index in [2.05, 4.69) is 4.85 Å². The van der Waals surface area contributed by atoms with Crippen LogP contribution in [0.25, 0.3) is 4.85 Å². The number of hydrogen-bond acceptors (Lipinski definition) is 3. The quantitative estimate of drug-likeness (QED) is 0.852. The molecule has 1 aromatic carbocycles. The molecule has 3 atom stereocenters. The van der Waals surface area contributed by atoms with Gasteiger partial charge in [0.25, 0.3) is 0 Å². The second-order valence-electron chi connectivity index (χ2n) is 5.00. The van der Waals surface area contributed by atoms with E-state index in [1.54, 1.807) is 6.92 Å². The number of ether oxygens (including phenoxy) is 1. The predicted octanol–water partition coefficient (Wildman–Crippen LogP) is 3.35. The first-order chi connectivity index (χ1) is 10.2. The highest BCUT2D eigenvalue weighted by molar-refractivity contribution is 5.91. The van der Waals surface area contributed by atoms with Crippen molar-refractivity contribution in [2.24, 2.45) is 0 Å². The van der Waals surface area contributed by atoms with Crippen LogP contribution in [0.1, 0.15) is 19.4 Å². The zero-order valence-electron chi connectivity index (χ0n) is 11.8. The van der Waals surface area contributed by atoms with E-state index in [0.717, 1.165) is 17.0 Å². The maximum Gasteiger partial charge on any atom is 0.415 e. The van der Waals surface area contributed by atoms with Crippen LogP contribution in [0.15, 0.2) is 18.2 Å². The number of aliphatic hydroxyl groups excluding tert-OH is 1. The second kappa shape index (κ2) is 5.50. The fraction of sp³-hybridized carbons (Fsp3) is 0.429. The largest absolute Gasteiger partial charge is 0.444 e. The lowest BCUT2D eigenvalue weighted by Gasteiger charge is -2.26.